The summed E-state index contributed by atoms with van der Waals surface area (Å²) in [6, 6.07) is 2.17. The van der Waals surface area contributed by atoms with Gasteiger partial charge in [-0.25, -0.2) is 0 Å². The second kappa shape index (κ2) is 8.85. The third-order valence-electron chi connectivity index (χ3n) is 6.39. The molecule has 2 unspecified atom stereocenters. The SMILES string of the molecule is CC(C)(C)C1CCc2c(sc(NC(=O)C3CCCN(CCC#N)C3)c2C(N)=O)C1. The number of anilines is 1. The van der Waals surface area contributed by atoms with Crippen molar-refractivity contribution in [2.24, 2.45) is 23.0 Å². The van der Waals surface area contributed by atoms with Crippen LogP contribution in [0.5, 0.6) is 0 Å². The van der Waals surface area contributed by atoms with Crippen LogP contribution >= 0.6 is 11.3 Å². The minimum Gasteiger partial charge on any atom is -0.365 e. The maximum Gasteiger partial charge on any atom is 0.251 e. The molecule has 1 fully saturated rings. The Morgan fingerprint density at radius 3 is 2.76 bits per heavy atom. The number of amides is 2. The summed E-state index contributed by atoms with van der Waals surface area (Å²) in [4.78, 5) is 28.5. The van der Waals surface area contributed by atoms with E-state index in [9.17, 15) is 9.59 Å². The number of carbonyl (C=O) groups excluding carboxylic acids is 2. The maximum atomic E-state index is 12.9. The highest BCUT2D eigenvalue weighted by Gasteiger charge is 2.34. The van der Waals surface area contributed by atoms with E-state index in [2.05, 4.69) is 37.1 Å². The minimum absolute atomic E-state index is 0.0416. The Hall–Kier alpha value is -1.91. The van der Waals surface area contributed by atoms with Crippen LogP contribution in [0.2, 0.25) is 0 Å². The van der Waals surface area contributed by atoms with Gasteiger partial charge in [-0.15, -0.1) is 11.3 Å². The first-order valence-electron chi connectivity index (χ1n) is 10.5. The van der Waals surface area contributed by atoms with E-state index in [1.54, 1.807) is 0 Å². The fraction of sp³-hybridized carbons (Fsp3) is 0.682. The van der Waals surface area contributed by atoms with Crippen LogP contribution in [0.4, 0.5) is 5.00 Å². The molecule has 3 rings (SSSR count). The van der Waals surface area contributed by atoms with Gasteiger partial charge in [0.15, 0.2) is 0 Å². The number of thiophene rings is 1. The molecule has 1 aliphatic heterocycles. The first-order valence-corrected chi connectivity index (χ1v) is 11.4. The number of nitrogens with zero attached hydrogens (tertiary/aromatic N) is 2. The Kier molecular flexibility index (Phi) is 6.65. The Bertz CT molecular complexity index is 818. The smallest absolute Gasteiger partial charge is 0.251 e. The van der Waals surface area contributed by atoms with E-state index in [0.29, 0.717) is 36.0 Å². The third-order valence-corrected chi connectivity index (χ3v) is 7.56. The largest absolute Gasteiger partial charge is 0.365 e. The van der Waals surface area contributed by atoms with Gasteiger partial charge in [0.05, 0.1) is 17.6 Å². The first kappa shape index (κ1) is 21.8. The number of carbonyl (C=O) groups is 2. The average molecular weight is 417 g/mol. The lowest BCUT2D eigenvalue weighted by Gasteiger charge is -2.33. The standard InChI is InChI=1S/C22H32N4O2S/c1-22(2,3)15-7-8-16-17(12-15)29-21(18(16)19(24)27)25-20(28)14-6-4-10-26(13-14)11-5-9-23/h14-15H,4-8,10-13H2,1-3H3,(H2,24,27)(H,25,28). The lowest BCUT2D eigenvalue weighted by Crippen LogP contribution is -2.41. The predicted octanol–water partition coefficient (Wildman–Crippen LogP) is 3.56. The maximum absolute atomic E-state index is 12.9. The number of nitrogens with two attached hydrogens (primary N) is 1. The van der Waals surface area contributed by atoms with Crippen LogP contribution in [-0.4, -0.2) is 36.3 Å². The first-order chi connectivity index (χ1) is 13.7. The number of hydrogen-bond donors (Lipinski definition) is 2. The molecule has 1 aliphatic carbocycles. The number of nitriles is 1. The normalized spacial score (nSPS) is 22.6. The van der Waals surface area contributed by atoms with E-state index in [1.165, 1.54) is 16.2 Å². The van der Waals surface area contributed by atoms with Crippen molar-refractivity contribution in [3.05, 3.63) is 16.0 Å². The van der Waals surface area contributed by atoms with Gasteiger partial charge in [-0.2, -0.15) is 5.26 Å². The predicted molar refractivity (Wildman–Crippen MR) is 116 cm³/mol. The molecule has 0 saturated carbocycles. The van der Waals surface area contributed by atoms with Crippen molar-refractivity contribution in [3.8, 4) is 6.07 Å². The van der Waals surface area contributed by atoms with Crippen molar-refractivity contribution in [2.75, 3.05) is 25.0 Å². The van der Waals surface area contributed by atoms with Crippen LogP contribution in [0.15, 0.2) is 0 Å². The van der Waals surface area contributed by atoms with Gasteiger partial charge in [0.25, 0.3) is 5.91 Å². The highest BCUT2D eigenvalue weighted by atomic mass is 32.1. The quantitative estimate of drug-likeness (QED) is 0.766. The number of nitrogens with one attached hydrogen (secondary N) is 1. The van der Waals surface area contributed by atoms with Gasteiger partial charge in [-0.05, 0) is 55.5 Å². The zero-order valence-corrected chi connectivity index (χ0v) is 18.5. The summed E-state index contributed by atoms with van der Waals surface area (Å²) in [5, 5.41) is 12.5. The molecule has 6 nitrogen and oxygen atoms in total. The van der Waals surface area contributed by atoms with Crippen LogP contribution in [0, 0.1) is 28.6 Å². The van der Waals surface area contributed by atoms with E-state index < -0.39 is 5.91 Å². The molecule has 2 atom stereocenters. The highest BCUT2D eigenvalue weighted by Crippen LogP contribution is 2.44. The van der Waals surface area contributed by atoms with Gasteiger partial charge in [0.2, 0.25) is 5.91 Å². The molecule has 2 heterocycles. The van der Waals surface area contributed by atoms with E-state index in [-0.39, 0.29) is 17.2 Å². The number of fused-ring (bicyclic) bond motifs is 1. The van der Waals surface area contributed by atoms with E-state index in [0.717, 1.165) is 44.2 Å². The van der Waals surface area contributed by atoms with Crippen molar-refractivity contribution in [1.82, 2.24) is 4.90 Å². The lowest BCUT2D eigenvalue weighted by atomic mass is 9.72. The van der Waals surface area contributed by atoms with Crippen molar-refractivity contribution in [2.45, 2.75) is 59.3 Å². The number of primary amides is 1. The molecule has 0 radical (unpaired) electrons. The van der Waals surface area contributed by atoms with Crippen molar-refractivity contribution in [3.63, 3.8) is 0 Å². The van der Waals surface area contributed by atoms with Gasteiger partial charge in [-0.3, -0.25) is 9.59 Å². The lowest BCUT2D eigenvalue weighted by molar-refractivity contribution is -0.121. The summed E-state index contributed by atoms with van der Waals surface area (Å²) in [6.07, 6.45) is 5.07. The molecule has 3 N–H and O–H groups in total. The molecular weight excluding hydrogens is 384 g/mol. The summed E-state index contributed by atoms with van der Waals surface area (Å²) in [5.41, 5.74) is 7.48. The second-order valence-corrected chi connectivity index (χ2v) is 10.5. The number of piperidine rings is 1. The number of likely N-dealkylation sites (tertiary alicyclic amines) is 1. The molecule has 1 saturated heterocycles. The molecule has 2 aliphatic rings. The summed E-state index contributed by atoms with van der Waals surface area (Å²) < 4.78 is 0. The van der Waals surface area contributed by atoms with Crippen LogP contribution in [0.3, 0.4) is 0 Å². The van der Waals surface area contributed by atoms with Gasteiger partial charge in [-0.1, -0.05) is 20.8 Å². The van der Waals surface area contributed by atoms with E-state index in [4.69, 9.17) is 11.0 Å². The molecule has 1 aromatic heterocycles. The molecule has 1 aromatic rings. The van der Waals surface area contributed by atoms with Gasteiger partial charge >= 0.3 is 0 Å². The Morgan fingerprint density at radius 1 is 1.34 bits per heavy atom. The summed E-state index contributed by atoms with van der Waals surface area (Å²) in [7, 11) is 0. The molecule has 158 valence electrons. The van der Waals surface area contributed by atoms with Gasteiger partial charge in [0.1, 0.15) is 5.00 Å². The van der Waals surface area contributed by atoms with E-state index >= 15 is 0 Å². The molecule has 7 heteroatoms. The molecule has 0 spiro atoms. The molecule has 2 amide bonds. The zero-order valence-electron chi connectivity index (χ0n) is 17.7. The van der Waals surface area contributed by atoms with E-state index in [1.807, 2.05) is 0 Å². The Morgan fingerprint density at radius 2 is 2.10 bits per heavy atom. The summed E-state index contributed by atoms with van der Waals surface area (Å²) in [5.74, 6) is -0.0546. The van der Waals surface area contributed by atoms with Crippen molar-refractivity contribution >= 4 is 28.2 Å². The molecule has 29 heavy (non-hydrogen) atoms. The monoisotopic (exact) mass is 416 g/mol. The Labute approximate surface area is 177 Å². The van der Waals surface area contributed by atoms with Gasteiger partial charge < -0.3 is 16.0 Å². The van der Waals surface area contributed by atoms with Crippen molar-refractivity contribution in [1.29, 1.82) is 5.26 Å². The van der Waals surface area contributed by atoms with Crippen LogP contribution in [0.25, 0.3) is 0 Å². The molecule has 0 aromatic carbocycles. The topological polar surface area (TPSA) is 99.2 Å². The zero-order chi connectivity index (χ0) is 21.2. The summed E-state index contributed by atoms with van der Waals surface area (Å²) >= 11 is 1.53. The molecule has 0 bridgehead atoms. The number of rotatable bonds is 5. The number of hydrogen-bond acceptors (Lipinski definition) is 5. The van der Waals surface area contributed by atoms with Crippen LogP contribution in [0.1, 0.15) is 67.3 Å². The van der Waals surface area contributed by atoms with Crippen LogP contribution in [-0.2, 0) is 17.6 Å². The highest BCUT2D eigenvalue weighted by molar-refractivity contribution is 7.17. The second-order valence-electron chi connectivity index (χ2n) is 9.42. The van der Waals surface area contributed by atoms with Crippen LogP contribution < -0.4 is 11.1 Å². The van der Waals surface area contributed by atoms with Crippen molar-refractivity contribution < 1.29 is 9.59 Å². The van der Waals surface area contributed by atoms with Gasteiger partial charge in [0, 0.05) is 24.4 Å². The molecular formula is C22H32N4O2S. The summed E-state index contributed by atoms with van der Waals surface area (Å²) in [6.45, 7) is 9.07. The minimum atomic E-state index is -0.453. The average Bonchev–Trinajstić information content (AvgIpc) is 3.03. The fourth-order valence-corrected chi connectivity index (χ4v) is 5.90. The third kappa shape index (κ3) is 4.99. The fourth-order valence-electron chi connectivity index (χ4n) is 4.57. The Balaban J connectivity index is 1.75.